The molecule has 0 atom stereocenters. The molecule has 7 nitrogen and oxygen atoms in total. The van der Waals surface area contributed by atoms with E-state index >= 15 is 0 Å². The molecule has 0 radical (unpaired) electrons. The molecule has 1 aromatic heterocycles. The Balaban J connectivity index is 2.12. The average Bonchev–Trinajstić information content (AvgIpc) is 2.46. The number of aromatic amines is 1. The largest absolute Gasteiger partial charge is 0.489 e. The highest BCUT2D eigenvalue weighted by Gasteiger charge is 2.26. The van der Waals surface area contributed by atoms with Crippen LogP contribution in [0.1, 0.15) is 12.8 Å². The number of nitrogens with zero attached hydrogens (tertiary/aromatic N) is 2. The average molecular weight is 266 g/mol. The number of anilines is 1. The Bertz CT molecular complexity index is 506. The van der Waals surface area contributed by atoms with Gasteiger partial charge in [-0.25, -0.2) is 4.98 Å². The standard InChI is InChI=1S/C12H18N4O3/c1-13-11(17)8-3-5-16(6-4-8)10-9(19-2)12(18)15-7-14-10/h7-8H,3-6H2,1-2H3,(H,13,17)(H,14,15,18). The molecule has 2 heterocycles. The molecule has 7 heteroatoms. The molecule has 19 heavy (non-hydrogen) atoms. The zero-order valence-electron chi connectivity index (χ0n) is 11.1. The molecular weight excluding hydrogens is 248 g/mol. The van der Waals surface area contributed by atoms with Gasteiger partial charge in [0.2, 0.25) is 11.7 Å². The molecule has 0 spiro atoms. The second kappa shape index (κ2) is 5.73. The number of piperidine rings is 1. The van der Waals surface area contributed by atoms with E-state index in [1.54, 1.807) is 7.05 Å². The molecule has 0 aliphatic carbocycles. The summed E-state index contributed by atoms with van der Waals surface area (Å²) in [6.07, 6.45) is 2.86. The number of rotatable bonds is 3. The van der Waals surface area contributed by atoms with Crippen molar-refractivity contribution in [1.29, 1.82) is 0 Å². The van der Waals surface area contributed by atoms with Crippen molar-refractivity contribution < 1.29 is 9.53 Å². The molecule has 2 rings (SSSR count). The number of aromatic nitrogens is 2. The minimum absolute atomic E-state index is 0.0363. The van der Waals surface area contributed by atoms with E-state index in [4.69, 9.17) is 4.74 Å². The number of hydrogen-bond acceptors (Lipinski definition) is 5. The molecule has 1 fully saturated rings. The van der Waals surface area contributed by atoms with Crippen LogP contribution in [0.2, 0.25) is 0 Å². The van der Waals surface area contributed by atoms with Crippen molar-refractivity contribution in [1.82, 2.24) is 15.3 Å². The summed E-state index contributed by atoms with van der Waals surface area (Å²) >= 11 is 0. The molecule has 2 N–H and O–H groups in total. The lowest BCUT2D eigenvalue weighted by Crippen LogP contribution is -2.40. The van der Waals surface area contributed by atoms with Gasteiger partial charge in [0.25, 0.3) is 5.56 Å². The number of amides is 1. The van der Waals surface area contributed by atoms with Gasteiger partial charge in [-0.15, -0.1) is 0 Å². The van der Waals surface area contributed by atoms with Gasteiger partial charge in [-0.1, -0.05) is 0 Å². The van der Waals surface area contributed by atoms with Gasteiger partial charge < -0.3 is 19.9 Å². The Morgan fingerprint density at radius 3 is 2.79 bits per heavy atom. The topological polar surface area (TPSA) is 87.3 Å². The van der Waals surface area contributed by atoms with Crippen molar-refractivity contribution in [2.24, 2.45) is 5.92 Å². The van der Waals surface area contributed by atoms with Crippen LogP contribution >= 0.6 is 0 Å². The molecular formula is C12H18N4O3. The number of hydrogen-bond donors (Lipinski definition) is 2. The summed E-state index contributed by atoms with van der Waals surface area (Å²) in [5.74, 6) is 0.877. The minimum atomic E-state index is -0.291. The van der Waals surface area contributed by atoms with Crippen molar-refractivity contribution in [2.45, 2.75) is 12.8 Å². The second-order valence-electron chi connectivity index (χ2n) is 4.46. The number of nitrogens with one attached hydrogen (secondary N) is 2. The molecule has 1 saturated heterocycles. The molecule has 1 aromatic rings. The minimum Gasteiger partial charge on any atom is -0.489 e. The van der Waals surface area contributed by atoms with Crippen LogP contribution in [-0.4, -0.2) is 43.1 Å². The lowest BCUT2D eigenvalue weighted by atomic mass is 9.96. The fourth-order valence-corrected chi connectivity index (χ4v) is 2.34. The van der Waals surface area contributed by atoms with Crippen LogP contribution in [0.4, 0.5) is 5.82 Å². The maximum atomic E-state index is 11.6. The number of H-pyrrole nitrogens is 1. The van der Waals surface area contributed by atoms with Gasteiger partial charge in [-0.3, -0.25) is 9.59 Å². The summed E-state index contributed by atoms with van der Waals surface area (Å²) in [6, 6.07) is 0. The van der Waals surface area contributed by atoms with E-state index < -0.39 is 0 Å². The van der Waals surface area contributed by atoms with Crippen LogP contribution in [0.5, 0.6) is 5.75 Å². The van der Waals surface area contributed by atoms with E-state index in [2.05, 4.69) is 15.3 Å². The van der Waals surface area contributed by atoms with Crippen molar-refractivity contribution in [2.75, 3.05) is 32.1 Å². The fraction of sp³-hybridized carbons (Fsp3) is 0.583. The van der Waals surface area contributed by atoms with Crippen molar-refractivity contribution in [3.63, 3.8) is 0 Å². The summed E-state index contributed by atoms with van der Waals surface area (Å²) in [6.45, 7) is 1.37. The molecule has 1 aliphatic rings. The van der Waals surface area contributed by atoms with Crippen molar-refractivity contribution >= 4 is 11.7 Å². The number of ether oxygens (including phenoxy) is 1. The van der Waals surface area contributed by atoms with Crippen LogP contribution in [-0.2, 0) is 4.79 Å². The summed E-state index contributed by atoms with van der Waals surface area (Å²) < 4.78 is 5.10. The normalized spacial score (nSPS) is 16.2. The van der Waals surface area contributed by atoms with Gasteiger partial charge in [0.05, 0.1) is 13.4 Å². The monoisotopic (exact) mass is 266 g/mol. The number of carbonyl (C=O) groups is 1. The Hall–Kier alpha value is -2.05. The van der Waals surface area contributed by atoms with Gasteiger partial charge >= 0.3 is 0 Å². The first-order valence-corrected chi connectivity index (χ1v) is 6.25. The van der Waals surface area contributed by atoms with E-state index in [-0.39, 0.29) is 23.1 Å². The van der Waals surface area contributed by atoms with E-state index in [1.807, 2.05) is 4.90 Å². The Labute approximate surface area is 111 Å². The molecule has 1 aliphatic heterocycles. The highest BCUT2D eigenvalue weighted by Crippen LogP contribution is 2.26. The number of methoxy groups -OCH3 is 1. The van der Waals surface area contributed by atoms with Gasteiger partial charge in [-0.05, 0) is 12.8 Å². The van der Waals surface area contributed by atoms with Crippen LogP contribution in [0.3, 0.4) is 0 Å². The SMILES string of the molecule is CNC(=O)C1CCN(c2nc[nH]c(=O)c2OC)CC1. The molecule has 1 amide bonds. The third-order valence-electron chi connectivity index (χ3n) is 3.41. The highest BCUT2D eigenvalue weighted by molar-refractivity contribution is 5.78. The second-order valence-corrected chi connectivity index (χ2v) is 4.46. The molecule has 0 aromatic carbocycles. The van der Waals surface area contributed by atoms with Crippen molar-refractivity contribution in [3.8, 4) is 5.75 Å². The van der Waals surface area contributed by atoms with Gasteiger partial charge in [-0.2, -0.15) is 0 Å². The summed E-state index contributed by atoms with van der Waals surface area (Å²) in [7, 11) is 3.10. The maximum absolute atomic E-state index is 11.6. The lowest BCUT2D eigenvalue weighted by Gasteiger charge is -2.32. The third kappa shape index (κ3) is 2.69. The Morgan fingerprint density at radius 1 is 1.53 bits per heavy atom. The summed E-state index contributed by atoms with van der Waals surface area (Å²) in [4.78, 5) is 31.8. The van der Waals surface area contributed by atoms with Gasteiger partial charge in [0, 0.05) is 26.1 Å². The molecule has 0 saturated carbocycles. The zero-order valence-corrected chi connectivity index (χ0v) is 11.1. The van der Waals surface area contributed by atoms with E-state index in [1.165, 1.54) is 13.4 Å². The summed E-state index contributed by atoms with van der Waals surface area (Å²) in [5, 5.41) is 2.67. The van der Waals surface area contributed by atoms with Gasteiger partial charge in [0.1, 0.15) is 0 Å². The fourth-order valence-electron chi connectivity index (χ4n) is 2.34. The number of carbonyl (C=O) groups excluding carboxylic acids is 1. The van der Waals surface area contributed by atoms with Gasteiger partial charge in [0.15, 0.2) is 5.82 Å². The van der Waals surface area contributed by atoms with Crippen molar-refractivity contribution in [3.05, 3.63) is 16.7 Å². The van der Waals surface area contributed by atoms with Crippen LogP contribution in [0, 0.1) is 5.92 Å². The predicted octanol–water partition coefficient (Wildman–Crippen LogP) is -0.259. The lowest BCUT2D eigenvalue weighted by molar-refractivity contribution is -0.125. The molecule has 0 bridgehead atoms. The first-order chi connectivity index (χ1) is 9.17. The Morgan fingerprint density at radius 2 is 2.21 bits per heavy atom. The third-order valence-corrected chi connectivity index (χ3v) is 3.41. The maximum Gasteiger partial charge on any atom is 0.295 e. The summed E-state index contributed by atoms with van der Waals surface area (Å²) in [5.41, 5.74) is -0.291. The Kier molecular flexibility index (Phi) is 4.03. The van der Waals surface area contributed by atoms with E-state index in [0.29, 0.717) is 18.9 Å². The molecule has 0 unspecified atom stereocenters. The van der Waals surface area contributed by atoms with E-state index in [0.717, 1.165) is 12.8 Å². The quantitative estimate of drug-likeness (QED) is 0.787. The zero-order chi connectivity index (χ0) is 13.8. The van der Waals surface area contributed by atoms with Crippen LogP contribution in [0.25, 0.3) is 0 Å². The smallest absolute Gasteiger partial charge is 0.295 e. The molecule has 104 valence electrons. The first-order valence-electron chi connectivity index (χ1n) is 6.25. The van der Waals surface area contributed by atoms with Crippen LogP contribution < -0.4 is 20.5 Å². The first kappa shape index (κ1) is 13.4. The van der Waals surface area contributed by atoms with E-state index in [9.17, 15) is 9.59 Å². The van der Waals surface area contributed by atoms with Crippen LogP contribution in [0.15, 0.2) is 11.1 Å². The predicted molar refractivity (Wildman–Crippen MR) is 70.4 cm³/mol. The highest BCUT2D eigenvalue weighted by atomic mass is 16.5.